The van der Waals surface area contributed by atoms with E-state index in [0.29, 0.717) is 0 Å². The quantitative estimate of drug-likeness (QED) is 0.747. The third-order valence-electron chi connectivity index (χ3n) is 3.34. The Bertz CT molecular complexity index is 339. The van der Waals surface area contributed by atoms with Gasteiger partial charge in [0.05, 0.1) is 6.61 Å². The highest BCUT2D eigenvalue weighted by atomic mass is 32.2. The molecule has 1 aliphatic rings. The number of hydrogen-bond donors (Lipinski definition) is 0. The van der Waals surface area contributed by atoms with Crippen molar-refractivity contribution in [1.29, 1.82) is 0 Å². The molecule has 2 rings (SSSR count). The van der Waals surface area contributed by atoms with Crippen LogP contribution in [0.25, 0.3) is 0 Å². The van der Waals surface area contributed by atoms with Gasteiger partial charge in [-0.1, -0.05) is 12.1 Å². The number of rotatable bonds is 5. The minimum absolute atomic E-state index is 0.727. The fraction of sp³-hybridized carbons (Fsp3) is 0.571. The van der Waals surface area contributed by atoms with Crippen LogP contribution >= 0.6 is 11.8 Å². The Morgan fingerprint density at radius 1 is 1.35 bits per heavy atom. The fourth-order valence-electron chi connectivity index (χ4n) is 2.42. The summed E-state index contributed by atoms with van der Waals surface area (Å²) in [7, 11) is 1.80. The van der Waals surface area contributed by atoms with Gasteiger partial charge in [0.25, 0.3) is 0 Å². The monoisotopic (exact) mass is 251 g/mol. The molecule has 94 valence electrons. The molecule has 0 bridgehead atoms. The predicted molar refractivity (Wildman–Crippen MR) is 73.5 cm³/mol. The highest BCUT2D eigenvalue weighted by molar-refractivity contribution is 7.98. The molecular weight excluding hydrogens is 230 g/mol. The first-order valence-electron chi connectivity index (χ1n) is 6.16. The van der Waals surface area contributed by atoms with Crippen LogP contribution < -0.4 is 0 Å². The Morgan fingerprint density at radius 2 is 2.12 bits per heavy atom. The zero-order valence-electron chi connectivity index (χ0n) is 10.7. The smallest absolute Gasteiger partial charge is 0.0503 e. The summed E-state index contributed by atoms with van der Waals surface area (Å²) in [5.41, 5.74) is 1.42. The minimum atomic E-state index is 0.727. The summed E-state index contributed by atoms with van der Waals surface area (Å²) in [6.45, 7) is 4.37. The van der Waals surface area contributed by atoms with E-state index < -0.39 is 0 Å². The molecule has 1 aromatic rings. The van der Waals surface area contributed by atoms with E-state index in [1.165, 1.54) is 30.0 Å². The molecule has 0 unspecified atom stereocenters. The Kier molecular flexibility index (Phi) is 4.89. The van der Waals surface area contributed by atoms with Gasteiger partial charge in [0.2, 0.25) is 0 Å². The Labute approximate surface area is 108 Å². The van der Waals surface area contributed by atoms with Crippen molar-refractivity contribution < 1.29 is 4.74 Å². The molecule has 0 aromatic heterocycles. The van der Waals surface area contributed by atoms with Crippen LogP contribution in [-0.2, 0) is 11.3 Å². The summed E-state index contributed by atoms with van der Waals surface area (Å²) in [6.07, 6.45) is 3.39. The van der Waals surface area contributed by atoms with Crippen LogP contribution in [0.2, 0.25) is 0 Å². The largest absolute Gasteiger partial charge is 0.384 e. The molecule has 1 aliphatic heterocycles. The lowest BCUT2D eigenvalue weighted by molar-refractivity contribution is 0.152. The summed E-state index contributed by atoms with van der Waals surface area (Å²) in [5.74, 6) is 0.727. The first-order chi connectivity index (χ1) is 8.31. The van der Waals surface area contributed by atoms with Crippen molar-refractivity contribution in [2.45, 2.75) is 17.9 Å². The van der Waals surface area contributed by atoms with Gasteiger partial charge in [-0.15, -0.1) is 11.8 Å². The van der Waals surface area contributed by atoms with Crippen molar-refractivity contribution in [3.05, 3.63) is 29.8 Å². The van der Waals surface area contributed by atoms with E-state index in [1.807, 2.05) is 0 Å². The summed E-state index contributed by atoms with van der Waals surface area (Å²) in [4.78, 5) is 3.87. The molecule has 17 heavy (non-hydrogen) atoms. The van der Waals surface area contributed by atoms with Crippen LogP contribution in [0.4, 0.5) is 0 Å². The molecule has 1 fully saturated rings. The number of likely N-dealkylation sites (tertiary alicyclic amines) is 1. The number of nitrogens with zero attached hydrogens (tertiary/aromatic N) is 1. The summed E-state index contributed by atoms with van der Waals surface area (Å²) < 4.78 is 5.23. The summed E-state index contributed by atoms with van der Waals surface area (Å²) in [6, 6.07) is 8.91. The van der Waals surface area contributed by atoms with Gasteiger partial charge in [0.15, 0.2) is 0 Å². The van der Waals surface area contributed by atoms with Gasteiger partial charge < -0.3 is 4.74 Å². The van der Waals surface area contributed by atoms with Crippen molar-refractivity contribution >= 4 is 11.8 Å². The second-order valence-electron chi connectivity index (χ2n) is 4.69. The Morgan fingerprint density at radius 3 is 2.76 bits per heavy atom. The van der Waals surface area contributed by atoms with Gasteiger partial charge in [-0.2, -0.15) is 0 Å². The van der Waals surface area contributed by atoms with Crippen molar-refractivity contribution in [3.63, 3.8) is 0 Å². The van der Waals surface area contributed by atoms with E-state index in [4.69, 9.17) is 4.74 Å². The van der Waals surface area contributed by atoms with Crippen molar-refractivity contribution in [3.8, 4) is 0 Å². The predicted octanol–water partition coefficient (Wildman–Crippen LogP) is 2.88. The molecule has 2 nitrogen and oxygen atoms in total. The minimum Gasteiger partial charge on any atom is -0.384 e. The zero-order chi connectivity index (χ0) is 12.1. The molecule has 0 saturated carbocycles. The van der Waals surface area contributed by atoms with Gasteiger partial charge in [0.1, 0.15) is 0 Å². The van der Waals surface area contributed by atoms with Crippen LogP contribution in [-0.4, -0.2) is 38.0 Å². The second kappa shape index (κ2) is 6.43. The third kappa shape index (κ3) is 3.73. The average molecular weight is 251 g/mol. The van der Waals surface area contributed by atoms with Gasteiger partial charge >= 0.3 is 0 Å². The summed E-state index contributed by atoms with van der Waals surface area (Å²) in [5, 5.41) is 0. The van der Waals surface area contributed by atoms with E-state index in [1.54, 1.807) is 18.9 Å². The van der Waals surface area contributed by atoms with Crippen LogP contribution in [0.3, 0.4) is 0 Å². The maximum atomic E-state index is 5.23. The molecular formula is C14H21NOS. The van der Waals surface area contributed by atoms with E-state index in [0.717, 1.165) is 19.1 Å². The first-order valence-corrected chi connectivity index (χ1v) is 7.38. The number of methoxy groups -OCH3 is 1. The van der Waals surface area contributed by atoms with Gasteiger partial charge in [-0.25, -0.2) is 0 Å². The van der Waals surface area contributed by atoms with Crippen molar-refractivity contribution in [1.82, 2.24) is 4.90 Å². The fourth-order valence-corrected chi connectivity index (χ4v) is 2.83. The molecule has 0 aliphatic carbocycles. The molecule has 0 amide bonds. The van der Waals surface area contributed by atoms with Gasteiger partial charge in [-0.3, -0.25) is 4.90 Å². The second-order valence-corrected chi connectivity index (χ2v) is 5.57. The normalized spacial score (nSPS) is 20.9. The number of benzene rings is 1. The molecule has 1 heterocycles. The van der Waals surface area contributed by atoms with Crippen LogP contribution in [0, 0.1) is 5.92 Å². The van der Waals surface area contributed by atoms with Crippen LogP contribution in [0.15, 0.2) is 29.2 Å². The zero-order valence-corrected chi connectivity index (χ0v) is 11.5. The number of ether oxygens (including phenoxy) is 1. The molecule has 3 heteroatoms. The summed E-state index contributed by atoms with van der Waals surface area (Å²) >= 11 is 1.80. The maximum absolute atomic E-state index is 5.23. The average Bonchev–Trinajstić information content (AvgIpc) is 2.78. The first kappa shape index (κ1) is 12.9. The molecule has 1 aromatic carbocycles. The van der Waals surface area contributed by atoms with Gasteiger partial charge in [-0.05, 0) is 42.8 Å². The number of hydrogen-bond acceptors (Lipinski definition) is 3. The maximum Gasteiger partial charge on any atom is 0.0503 e. The third-order valence-corrected chi connectivity index (χ3v) is 4.08. The van der Waals surface area contributed by atoms with E-state index in [2.05, 4.69) is 35.4 Å². The molecule has 1 saturated heterocycles. The molecule has 0 spiro atoms. The van der Waals surface area contributed by atoms with Crippen LogP contribution in [0.1, 0.15) is 12.0 Å². The highest BCUT2D eigenvalue weighted by Crippen LogP contribution is 2.20. The topological polar surface area (TPSA) is 12.5 Å². The molecule has 1 atom stereocenters. The van der Waals surface area contributed by atoms with Crippen LogP contribution in [0.5, 0.6) is 0 Å². The lowest BCUT2D eigenvalue weighted by atomic mass is 10.1. The van der Waals surface area contributed by atoms with E-state index in [9.17, 15) is 0 Å². The standard InChI is InChI=1S/C14H21NOS/c1-16-11-13-7-8-15(10-13)9-12-3-5-14(17-2)6-4-12/h3-6,13H,7-11H2,1-2H3/t13-/m0/s1. The molecule has 0 N–H and O–H groups in total. The van der Waals surface area contributed by atoms with Crippen molar-refractivity contribution in [2.24, 2.45) is 5.92 Å². The highest BCUT2D eigenvalue weighted by Gasteiger charge is 2.21. The van der Waals surface area contributed by atoms with E-state index in [-0.39, 0.29) is 0 Å². The Balaban J connectivity index is 1.84. The number of thioether (sulfide) groups is 1. The Hall–Kier alpha value is -0.510. The van der Waals surface area contributed by atoms with Gasteiger partial charge in [0, 0.05) is 25.1 Å². The van der Waals surface area contributed by atoms with Crippen molar-refractivity contribution in [2.75, 3.05) is 33.1 Å². The SMILES string of the molecule is COC[C@H]1CCN(Cc2ccc(SC)cc2)C1. The molecule has 0 radical (unpaired) electrons. The van der Waals surface area contributed by atoms with E-state index >= 15 is 0 Å². The lowest BCUT2D eigenvalue weighted by Crippen LogP contribution is -2.21. The lowest BCUT2D eigenvalue weighted by Gasteiger charge is -2.16.